The molecule has 0 saturated carbocycles. The largest absolute Gasteiger partial charge is 0.481 e. The molecule has 2 atom stereocenters. The third-order valence-electron chi connectivity index (χ3n) is 4.11. The summed E-state index contributed by atoms with van der Waals surface area (Å²) in [5.41, 5.74) is 0. The van der Waals surface area contributed by atoms with E-state index < -0.39 is 30.6 Å². The van der Waals surface area contributed by atoms with E-state index in [2.05, 4.69) is 13.2 Å². The minimum absolute atomic E-state index is 0.0203. The van der Waals surface area contributed by atoms with Gasteiger partial charge < -0.3 is 19.3 Å². The molecule has 2 unspecified atom stereocenters. The highest BCUT2D eigenvalue weighted by atomic mass is 31.2. The van der Waals surface area contributed by atoms with Gasteiger partial charge in [-0.1, -0.05) is 38.8 Å². The van der Waals surface area contributed by atoms with Gasteiger partial charge in [-0.2, -0.15) is 0 Å². The topological polar surface area (TPSA) is 110 Å². The molecule has 0 aromatic rings. The number of hydrogen-bond acceptors (Lipinski definition) is 5. The van der Waals surface area contributed by atoms with Crippen molar-refractivity contribution in [1.29, 1.82) is 0 Å². The van der Waals surface area contributed by atoms with Crippen LogP contribution in [0.4, 0.5) is 0 Å². The maximum atomic E-state index is 13.7. The van der Waals surface area contributed by atoms with E-state index in [1.165, 1.54) is 12.2 Å². The van der Waals surface area contributed by atoms with E-state index in [-0.39, 0.29) is 26.1 Å². The lowest BCUT2D eigenvalue weighted by Crippen LogP contribution is -2.49. The van der Waals surface area contributed by atoms with Gasteiger partial charge >= 0.3 is 19.5 Å². The highest BCUT2D eigenvalue weighted by Crippen LogP contribution is 2.65. The number of unbranched alkanes of at least 4 members (excludes halogenated alkanes) is 2. The molecule has 8 heteroatoms. The van der Waals surface area contributed by atoms with Crippen LogP contribution in [0.1, 0.15) is 52.4 Å². The van der Waals surface area contributed by atoms with E-state index in [0.29, 0.717) is 12.8 Å². The molecule has 0 aliphatic heterocycles. The molecule has 0 saturated heterocycles. The number of carboxylic acid groups (broad SMARTS) is 2. The Morgan fingerprint density at radius 3 is 1.88 bits per heavy atom. The number of allylic oxidation sites excluding steroid dienone is 2. The second kappa shape index (κ2) is 12.0. The molecule has 0 fully saturated rings. The van der Waals surface area contributed by atoms with Crippen molar-refractivity contribution in [3.63, 3.8) is 0 Å². The third-order valence-corrected chi connectivity index (χ3v) is 6.82. The minimum Gasteiger partial charge on any atom is -0.481 e. The lowest BCUT2D eigenvalue weighted by molar-refractivity contribution is -0.152. The Hall–Kier alpha value is -1.43. The summed E-state index contributed by atoms with van der Waals surface area (Å²) in [6, 6.07) is 0. The number of hydrogen-bond donors (Lipinski definition) is 2. The predicted molar refractivity (Wildman–Crippen MR) is 100 cm³/mol. The van der Waals surface area contributed by atoms with Crippen LogP contribution in [0.2, 0.25) is 0 Å². The molecule has 0 aliphatic carbocycles. The van der Waals surface area contributed by atoms with Crippen LogP contribution in [-0.2, 0) is 23.2 Å². The summed E-state index contributed by atoms with van der Waals surface area (Å²) >= 11 is 0. The number of carboxylic acids is 2. The van der Waals surface area contributed by atoms with E-state index in [1.54, 1.807) is 0 Å². The lowest BCUT2D eigenvalue weighted by Gasteiger charge is -2.38. The monoisotopic (exact) mass is 390 g/mol. The maximum Gasteiger partial charge on any atom is 0.349 e. The van der Waals surface area contributed by atoms with Crippen LogP contribution in [0.3, 0.4) is 0 Å². The van der Waals surface area contributed by atoms with Gasteiger partial charge in [0, 0.05) is 0 Å². The molecule has 0 amide bonds. The molecule has 150 valence electrons. The fraction of sp³-hybridized carbons (Fsp3) is 0.667. The number of carbonyl (C=O) groups is 2. The SMILES string of the molecule is C=CCC(C(=O)O)C(CC=C)(C(=O)O)P(=O)(OCCCC)OCCCC. The third kappa shape index (κ3) is 5.79. The summed E-state index contributed by atoms with van der Waals surface area (Å²) in [4.78, 5) is 24.1. The van der Waals surface area contributed by atoms with E-state index in [9.17, 15) is 24.4 Å². The summed E-state index contributed by atoms with van der Waals surface area (Å²) in [5.74, 6) is -4.46. The second-order valence-electron chi connectivity index (χ2n) is 6.01. The zero-order valence-electron chi connectivity index (χ0n) is 15.7. The molecule has 0 rings (SSSR count). The standard InChI is InChI=1S/C18H31O7P/c1-5-9-13-24-26(23,25-14-10-6-2)18(12-8-4,17(21)22)15(11-7-3)16(19)20/h7-8,15H,3-6,9-14H2,1-2H3,(H,19,20)(H,21,22). The van der Waals surface area contributed by atoms with Crippen molar-refractivity contribution in [2.45, 2.75) is 57.5 Å². The Morgan fingerprint density at radius 2 is 1.58 bits per heavy atom. The van der Waals surface area contributed by atoms with Crippen LogP contribution >= 0.6 is 7.60 Å². The van der Waals surface area contributed by atoms with Gasteiger partial charge in [0.15, 0.2) is 5.16 Å². The van der Waals surface area contributed by atoms with E-state index in [4.69, 9.17) is 9.05 Å². The molecule has 0 aliphatic rings. The molecule has 0 bridgehead atoms. The van der Waals surface area contributed by atoms with Gasteiger partial charge in [0.2, 0.25) is 0 Å². The highest BCUT2D eigenvalue weighted by molar-refractivity contribution is 7.57. The molecule has 0 radical (unpaired) electrons. The second-order valence-corrected chi connectivity index (χ2v) is 8.32. The summed E-state index contributed by atoms with van der Waals surface area (Å²) in [6.07, 6.45) is 4.57. The molecule has 0 aromatic heterocycles. The predicted octanol–water partition coefficient (Wildman–Crippen LogP) is 4.49. The molecular formula is C18H31O7P. The van der Waals surface area contributed by atoms with Crippen molar-refractivity contribution >= 4 is 19.5 Å². The van der Waals surface area contributed by atoms with Gasteiger partial charge in [0.1, 0.15) is 0 Å². The van der Waals surface area contributed by atoms with Gasteiger partial charge in [-0.3, -0.25) is 14.2 Å². The fourth-order valence-electron chi connectivity index (χ4n) is 2.61. The van der Waals surface area contributed by atoms with Crippen LogP contribution in [0, 0.1) is 5.92 Å². The van der Waals surface area contributed by atoms with Crippen LogP contribution in [-0.4, -0.2) is 40.5 Å². The first-order chi connectivity index (χ1) is 12.3. The molecular weight excluding hydrogens is 359 g/mol. The van der Waals surface area contributed by atoms with Crippen molar-refractivity contribution in [1.82, 2.24) is 0 Å². The Kier molecular flexibility index (Phi) is 11.4. The minimum atomic E-state index is -4.33. The van der Waals surface area contributed by atoms with Gasteiger partial charge in [-0.15, -0.1) is 13.2 Å². The van der Waals surface area contributed by atoms with Crippen molar-refractivity contribution in [2.24, 2.45) is 5.92 Å². The summed E-state index contributed by atoms with van der Waals surface area (Å²) in [5, 5.41) is 17.3. The van der Waals surface area contributed by atoms with Crippen LogP contribution in [0.25, 0.3) is 0 Å². The van der Waals surface area contributed by atoms with Crippen molar-refractivity contribution < 1.29 is 33.4 Å². The summed E-state index contributed by atoms with van der Waals surface area (Å²) in [6.45, 7) is 10.9. The van der Waals surface area contributed by atoms with Crippen molar-refractivity contribution in [3.05, 3.63) is 25.3 Å². The maximum absolute atomic E-state index is 13.7. The van der Waals surface area contributed by atoms with Gasteiger partial charge in [-0.25, -0.2) is 0 Å². The van der Waals surface area contributed by atoms with Crippen LogP contribution < -0.4 is 0 Å². The van der Waals surface area contributed by atoms with Crippen molar-refractivity contribution in [3.8, 4) is 0 Å². The quantitative estimate of drug-likeness (QED) is 0.227. The first-order valence-corrected chi connectivity index (χ1v) is 10.4. The Bertz CT molecular complexity index is 518. The van der Waals surface area contributed by atoms with E-state index >= 15 is 0 Å². The number of aliphatic carboxylic acids is 2. The Labute approximate surface area is 155 Å². The molecule has 26 heavy (non-hydrogen) atoms. The molecule has 0 aromatic carbocycles. The number of rotatable bonds is 16. The first-order valence-electron chi connectivity index (χ1n) is 8.84. The molecule has 0 spiro atoms. The molecule has 0 heterocycles. The average Bonchev–Trinajstić information content (AvgIpc) is 2.57. The Balaban J connectivity index is 6.31. The first kappa shape index (κ1) is 24.6. The zero-order valence-corrected chi connectivity index (χ0v) is 16.6. The summed E-state index contributed by atoms with van der Waals surface area (Å²) in [7, 11) is -4.33. The van der Waals surface area contributed by atoms with Crippen molar-refractivity contribution in [2.75, 3.05) is 13.2 Å². The van der Waals surface area contributed by atoms with E-state index in [0.717, 1.165) is 12.8 Å². The normalized spacial score (nSPS) is 15.0. The summed E-state index contributed by atoms with van der Waals surface area (Å²) < 4.78 is 24.6. The van der Waals surface area contributed by atoms with Gasteiger partial charge in [0.05, 0.1) is 19.1 Å². The van der Waals surface area contributed by atoms with Crippen LogP contribution in [0.15, 0.2) is 25.3 Å². The molecule has 7 nitrogen and oxygen atoms in total. The fourth-order valence-corrected chi connectivity index (χ4v) is 5.07. The molecule has 2 N–H and O–H groups in total. The van der Waals surface area contributed by atoms with Gasteiger partial charge in [0.25, 0.3) is 0 Å². The lowest BCUT2D eigenvalue weighted by atomic mass is 9.85. The van der Waals surface area contributed by atoms with E-state index in [1.807, 2.05) is 13.8 Å². The zero-order chi connectivity index (χ0) is 20.2. The average molecular weight is 390 g/mol. The highest BCUT2D eigenvalue weighted by Gasteiger charge is 2.63. The van der Waals surface area contributed by atoms with Crippen LogP contribution in [0.5, 0.6) is 0 Å². The Morgan fingerprint density at radius 1 is 1.08 bits per heavy atom. The van der Waals surface area contributed by atoms with Gasteiger partial charge in [-0.05, 0) is 25.7 Å². The smallest absolute Gasteiger partial charge is 0.349 e.